The SMILES string of the molecule is [N-]=[N+]=N[C@H]1c2ccccc2-c2cc3c(ccc4ccccc43)nc2[C@@H]1O. The smallest absolute Gasteiger partial charge is 0.109 e. The van der Waals surface area contributed by atoms with Gasteiger partial charge in [0, 0.05) is 15.9 Å². The summed E-state index contributed by atoms with van der Waals surface area (Å²) in [4.78, 5) is 7.67. The summed E-state index contributed by atoms with van der Waals surface area (Å²) in [6.45, 7) is 0. The first-order chi connectivity index (χ1) is 12.8. The lowest BCUT2D eigenvalue weighted by molar-refractivity contribution is 0.141. The highest BCUT2D eigenvalue weighted by molar-refractivity contribution is 6.07. The molecule has 0 radical (unpaired) electrons. The van der Waals surface area contributed by atoms with Gasteiger partial charge in [0.05, 0.1) is 17.3 Å². The molecule has 0 saturated carbocycles. The second-order valence-electron chi connectivity index (χ2n) is 6.46. The van der Waals surface area contributed by atoms with Crippen molar-refractivity contribution in [2.24, 2.45) is 5.11 Å². The van der Waals surface area contributed by atoms with Crippen molar-refractivity contribution in [2.45, 2.75) is 12.1 Å². The quantitative estimate of drug-likeness (QED) is 0.216. The van der Waals surface area contributed by atoms with E-state index in [1.807, 2.05) is 48.5 Å². The Morgan fingerprint density at radius 3 is 2.62 bits per heavy atom. The highest BCUT2D eigenvalue weighted by Crippen LogP contribution is 2.46. The topological polar surface area (TPSA) is 81.9 Å². The van der Waals surface area contributed by atoms with Crippen molar-refractivity contribution < 1.29 is 5.11 Å². The average Bonchev–Trinajstić information content (AvgIpc) is 2.70. The van der Waals surface area contributed by atoms with E-state index in [0.29, 0.717) is 5.69 Å². The predicted molar refractivity (Wildman–Crippen MR) is 102 cm³/mol. The molecule has 1 heterocycles. The third-order valence-electron chi connectivity index (χ3n) is 5.08. The number of pyridine rings is 1. The standard InChI is InChI=1S/C21H14N4O/c22-25-24-20-15-8-4-3-7-14(15)17-11-16-13-6-2-1-5-12(13)9-10-18(16)23-19(17)21(20)26/h1-11,20-21,26H/t20-,21-/m0/s1. The van der Waals surface area contributed by atoms with Gasteiger partial charge >= 0.3 is 0 Å². The molecule has 0 aliphatic heterocycles. The molecule has 26 heavy (non-hydrogen) atoms. The average molecular weight is 338 g/mol. The molecule has 5 heteroatoms. The number of hydrogen-bond donors (Lipinski definition) is 1. The van der Waals surface area contributed by atoms with Crippen LogP contribution in [0.25, 0.3) is 43.2 Å². The van der Waals surface area contributed by atoms with Crippen molar-refractivity contribution >= 4 is 21.7 Å². The fourth-order valence-electron chi connectivity index (χ4n) is 3.88. The zero-order valence-electron chi connectivity index (χ0n) is 13.7. The molecule has 0 unspecified atom stereocenters. The molecule has 3 aromatic carbocycles. The first kappa shape index (κ1) is 14.9. The van der Waals surface area contributed by atoms with E-state index in [4.69, 9.17) is 10.5 Å². The second-order valence-corrected chi connectivity index (χ2v) is 6.46. The van der Waals surface area contributed by atoms with E-state index in [-0.39, 0.29) is 0 Å². The number of aromatic nitrogens is 1. The Morgan fingerprint density at radius 1 is 0.923 bits per heavy atom. The number of nitrogens with zero attached hydrogens (tertiary/aromatic N) is 4. The summed E-state index contributed by atoms with van der Waals surface area (Å²) >= 11 is 0. The Balaban J connectivity index is 1.89. The predicted octanol–water partition coefficient (Wildman–Crippen LogP) is 5.45. The maximum absolute atomic E-state index is 10.8. The zero-order valence-corrected chi connectivity index (χ0v) is 13.7. The van der Waals surface area contributed by atoms with Crippen LogP contribution in [0.2, 0.25) is 0 Å². The lowest BCUT2D eigenvalue weighted by Crippen LogP contribution is -2.17. The van der Waals surface area contributed by atoms with E-state index in [1.54, 1.807) is 0 Å². The van der Waals surface area contributed by atoms with Gasteiger partial charge < -0.3 is 5.11 Å². The molecule has 1 N–H and O–H groups in total. The number of fused-ring (bicyclic) bond motifs is 6. The van der Waals surface area contributed by atoms with Crippen LogP contribution in [-0.4, -0.2) is 10.1 Å². The van der Waals surface area contributed by atoms with Crippen molar-refractivity contribution in [1.29, 1.82) is 0 Å². The van der Waals surface area contributed by atoms with Crippen molar-refractivity contribution in [1.82, 2.24) is 4.98 Å². The van der Waals surface area contributed by atoms with Gasteiger partial charge in [0.25, 0.3) is 0 Å². The van der Waals surface area contributed by atoms with Gasteiger partial charge in [0.1, 0.15) is 6.10 Å². The number of azide groups is 1. The molecule has 5 rings (SSSR count). The zero-order chi connectivity index (χ0) is 17.7. The molecule has 5 nitrogen and oxygen atoms in total. The second kappa shape index (κ2) is 5.56. The van der Waals surface area contributed by atoms with Gasteiger partial charge in [-0.25, -0.2) is 4.98 Å². The normalized spacial score (nSPS) is 18.2. The number of aliphatic hydroxyl groups is 1. The maximum atomic E-state index is 10.8. The van der Waals surface area contributed by atoms with E-state index in [0.717, 1.165) is 38.4 Å². The van der Waals surface area contributed by atoms with Crippen LogP contribution >= 0.6 is 0 Å². The van der Waals surface area contributed by atoms with E-state index in [1.165, 1.54) is 0 Å². The number of benzene rings is 3. The number of hydrogen-bond acceptors (Lipinski definition) is 3. The van der Waals surface area contributed by atoms with Gasteiger partial charge in [-0.15, -0.1) is 0 Å². The van der Waals surface area contributed by atoms with E-state index in [9.17, 15) is 5.11 Å². The molecule has 0 spiro atoms. The van der Waals surface area contributed by atoms with Crippen molar-refractivity contribution in [2.75, 3.05) is 0 Å². The summed E-state index contributed by atoms with van der Waals surface area (Å²) in [5.41, 5.74) is 13.0. The lowest BCUT2D eigenvalue weighted by atomic mass is 9.83. The Hall–Kier alpha value is -3.40. The Bertz CT molecular complexity index is 1230. The van der Waals surface area contributed by atoms with Gasteiger partial charge in [-0.2, -0.15) is 0 Å². The van der Waals surface area contributed by atoms with E-state index >= 15 is 0 Å². The molecular formula is C21H14N4O. The van der Waals surface area contributed by atoms with Crippen molar-refractivity contribution in [3.8, 4) is 11.1 Å². The first-order valence-corrected chi connectivity index (χ1v) is 8.42. The van der Waals surface area contributed by atoms with Crippen LogP contribution in [0.3, 0.4) is 0 Å². The van der Waals surface area contributed by atoms with E-state index < -0.39 is 12.1 Å². The molecule has 1 aliphatic rings. The van der Waals surface area contributed by atoms with Crippen molar-refractivity contribution in [3.63, 3.8) is 0 Å². The minimum absolute atomic E-state index is 0.559. The highest BCUT2D eigenvalue weighted by atomic mass is 16.3. The van der Waals surface area contributed by atoms with Gasteiger partial charge in [-0.05, 0) is 39.6 Å². The summed E-state index contributed by atoms with van der Waals surface area (Å²) in [5, 5.41) is 18.0. The minimum atomic E-state index is -0.966. The molecular weight excluding hydrogens is 324 g/mol. The Morgan fingerprint density at radius 2 is 1.73 bits per heavy atom. The van der Waals surface area contributed by atoms with Crippen LogP contribution in [0, 0.1) is 0 Å². The fourth-order valence-corrected chi connectivity index (χ4v) is 3.88. The largest absolute Gasteiger partial charge is 0.386 e. The van der Waals surface area contributed by atoms with Gasteiger partial charge in [-0.3, -0.25) is 0 Å². The van der Waals surface area contributed by atoms with Gasteiger partial charge in [0.15, 0.2) is 0 Å². The molecule has 1 aliphatic carbocycles. The monoisotopic (exact) mass is 338 g/mol. The third-order valence-corrected chi connectivity index (χ3v) is 5.08. The molecule has 124 valence electrons. The molecule has 0 amide bonds. The summed E-state index contributed by atoms with van der Waals surface area (Å²) in [6, 6.07) is 21.3. The molecule has 0 fully saturated rings. The third kappa shape index (κ3) is 2.02. The molecule has 0 bridgehead atoms. The highest BCUT2D eigenvalue weighted by Gasteiger charge is 2.33. The molecule has 4 aromatic rings. The van der Waals surface area contributed by atoms with Crippen LogP contribution in [0.15, 0.2) is 71.8 Å². The Kier molecular flexibility index (Phi) is 3.19. The minimum Gasteiger partial charge on any atom is -0.386 e. The molecule has 1 aromatic heterocycles. The summed E-state index contributed by atoms with van der Waals surface area (Å²) < 4.78 is 0. The first-order valence-electron chi connectivity index (χ1n) is 8.42. The number of rotatable bonds is 1. The fraction of sp³-hybridized carbons (Fsp3) is 0.0952. The lowest BCUT2D eigenvalue weighted by Gasteiger charge is -2.29. The summed E-state index contributed by atoms with van der Waals surface area (Å²) in [7, 11) is 0. The summed E-state index contributed by atoms with van der Waals surface area (Å²) in [6.07, 6.45) is -0.966. The van der Waals surface area contributed by atoms with Crippen LogP contribution in [-0.2, 0) is 0 Å². The van der Waals surface area contributed by atoms with Crippen LogP contribution in [0.4, 0.5) is 0 Å². The Labute approximate surface area is 149 Å². The van der Waals surface area contributed by atoms with Crippen molar-refractivity contribution in [3.05, 3.63) is 88.4 Å². The van der Waals surface area contributed by atoms with Gasteiger partial charge in [-0.1, -0.05) is 59.7 Å². The summed E-state index contributed by atoms with van der Waals surface area (Å²) in [5.74, 6) is 0. The van der Waals surface area contributed by atoms with E-state index in [2.05, 4.69) is 28.2 Å². The van der Waals surface area contributed by atoms with Crippen LogP contribution < -0.4 is 0 Å². The van der Waals surface area contributed by atoms with Gasteiger partial charge in [0.2, 0.25) is 0 Å². The maximum Gasteiger partial charge on any atom is 0.109 e. The molecule has 0 saturated heterocycles. The molecule has 2 atom stereocenters. The number of aliphatic hydroxyl groups excluding tert-OH is 1. The van der Waals surface area contributed by atoms with Crippen LogP contribution in [0.1, 0.15) is 23.4 Å². The van der Waals surface area contributed by atoms with Crippen LogP contribution in [0.5, 0.6) is 0 Å².